The zero-order valence-electron chi connectivity index (χ0n) is 13.2. The molecule has 1 aliphatic rings. The Balaban J connectivity index is 1.84. The highest BCUT2D eigenvalue weighted by molar-refractivity contribution is 8.18. The molecule has 0 atom stereocenters. The molecule has 1 aromatic carbocycles. The van der Waals surface area contributed by atoms with Crippen LogP contribution in [-0.4, -0.2) is 32.1 Å². The Morgan fingerprint density at radius 2 is 2.08 bits per heavy atom. The van der Waals surface area contributed by atoms with Crippen molar-refractivity contribution >= 4 is 51.2 Å². The van der Waals surface area contributed by atoms with E-state index in [1.54, 1.807) is 19.1 Å². The lowest BCUT2D eigenvalue weighted by atomic mass is 10.2. The number of phenols is 2. The predicted molar refractivity (Wildman–Crippen MR) is 97.4 cm³/mol. The number of aromatic nitrogens is 1. The zero-order valence-corrected chi connectivity index (χ0v) is 14.9. The second-order valence-corrected chi connectivity index (χ2v) is 7.21. The monoisotopic (exact) mass is 375 g/mol. The van der Waals surface area contributed by atoms with Crippen LogP contribution in [0.15, 0.2) is 28.1 Å². The van der Waals surface area contributed by atoms with E-state index in [0.717, 1.165) is 11.8 Å². The number of amides is 1. The summed E-state index contributed by atoms with van der Waals surface area (Å²) >= 11 is 2.30. The number of Topliss-reactive ketones (excluding diaryl/α,β-unsaturated/α-hetero) is 1. The summed E-state index contributed by atoms with van der Waals surface area (Å²) < 4.78 is 0. The van der Waals surface area contributed by atoms with Gasteiger partial charge in [-0.15, -0.1) is 0 Å². The van der Waals surface area contributed by atoms with Crippen molar-refractivity contribution < 1.29 is 19.8 Å². The third-order valence-corrected chi connectivity index (χ3v) is 5.31. The van der Waals surface area contributed by atoms with Crippen LogP contribution in [0.3, 0.4) is 0 Å². The third-order valence-electron chi connectivity index (χ3n) is 3.25. The van der Waals surface area contributed by atoms with Gasteiger partial charge >= 0.3 is 0 Å². The van der Waals surface area contributed by atoms with Crippen LogP contribution in [0.1, 0.15) is 27.9 Å². The molecule has 2 heterocycles. The van der Waals surface area contributed by atoms with Crippen LogP contribution >= 0.6 is 23.1 Å². The molecule has 1 aliphatic heterocycles. The summed E-state index contributed by atoms with van der Waals surface area (Å²) in [6, 6.07) is 4.28. The van der Waals surface area contributed by atoms with Crippen molar-refractivity contribution in [1.29, 1.82) is 0 Å². The highest BCUT2D eigenvalue weighted by Gasteiger charge is 2.24. The van der Waals surface area contributed by atoms with Gasteiger partial charge in [-0.3, -0.25) is 9.59 Å². The minimum absolute atomic E-state index is 0.0720. The van der Waals surface area contributed by atoms with Gasteiger partial charge in [0.25, 0.3) is 5.91 Å². The molecule has 0 saturated carbocycles. The van der Waals surface area contributed by atoms with Gasteiger partial charge in [0.15, 0.2) is 22.4 Å². The van der Waals surface area contributed by atoms with E-state index in [1.807, 2.05) is 0 Å². The van der Waals surface area contributed by atoms with Crippen molar-refractivity contribution in [2.45, 2.75) is 13.8 Å². The number of carbonyl (C=O) groups excluding carboxylic acids is 2. The molecular formula is C16H13N3O4S2. The quantitative estimate of drug-likeness (QED) is 0.432. The number of nitrogens with one attached hydrogen (secondary N) is 1. The third kappa shape index (κ3) is 3.72. The van der Waals surface area contributed by atoms with Crippen molar-refractivity contribution in [2.75, 3.05) is 0 Å². The predicted octanol–water partition coefficient (Wildman–Crippen LogP) is 2.96. The molecule has 1 fully saturated rings. The van der Waals surface area contributed by atoms with E-state index < -0.39 is 0 Å². The number of aromatic hydroxyl groups is 2. The maximum Gasteiger partial charge on any atom is 0.264 e. The Bertz CT molecular complexity index is 947. The molecule has 25 heavy (non-hydrogen) atoms. The largest absolute Gasteiger partial charge is 0.504 e. The maximum atomic E-state index is 12.0. The molecule has 1 aromatic heterocycles. The van der Waals surface area contributed by atoms with Gasteiger partial charge < -0.3 is 15.5 Å². The molecule has 0 bridgehead atoms. The second-order valence-electron chi connectivity index (χ2n) is 5.20. The highest BCUT2D eigenvalue weighted by atomic mass is 32.2. The number of carbonyl (C=O) groups is 2. The first-order chi connectivity index (χ1) is 11.8. The van der Waals surface area contributed by atoms with Crippen molar-refractivity contribution in [2.24, 2.45) is 4.99 Å². The van der Waals surface area contributed by atoms with Crippen LogP contribution in [0, 0.1) is 6.92 Å². The summed E-state index contributed by atoms with van der Waals surface area (Å²) in [5.74, 6) is -0.885. The molecule has 2 aromatic rings. The highest BCUT2D eigenvalue weighted by Crippen LogP contribution is 2.32. The van der Waals surface area contributed by atoms with E-state index in [2.05, 4.69) is 15.3 Å². The fourth-order valence-corrected chi connectivity index (χ4v) is 3.83. The van der Waals surface area contributed by atoms with E-state index >= 15 is 0 Å². The van der Waals surface area contributed by atoms with Crippen LogP contribution in [0.25, 0.3) is 6.08 Å². The lowest BCUT2D eigenvalue weighted by molar-refractivity contribution is -0.115. The van der Waals surface area contributed by atoms with Crippen molar-refractivity contribution in [3.8, 4) is 11.5 Å². The summed E-state index contributed by atoms with van der Waals surface area (Å²) in [5.41, 5.74) is 1.18. The number of phenolic OH excluding ortho intramolecular Hbond substituents is 2. The van der Waals surface area contributed by atoms with E-state index in [1.165, 1.54) is 30.4 Å². The summed E-state index contributed by atoms with van der Waals surface area (Å²) in [6.07, 6.45) is 1.58. The first kappa shape index (κ1) is 17.2. The van der Waals surface area contributed by atoms with Gasteiger partial charge in [-0.1, -0.05) is 17.4 Å². The molecule has 0 aliphatic carbocycles. The molecule has 128 valence electrons. The smallest absolute Gasteiger partial charge is 0.264 e. The van der Waals surface area contributed by atoms with E-state index in [4.69, 9.17) is 0 Å². The topological polar surface area (TPSA) is 112 Å². The first-order valence-corrected chi connectivity index (χ1v) is 8.76. The molecule has 3 rings (SSSR count). The standard InChI is InChI=1S/C16H13N3O4S2/c1-7-13(8(2)20)25-15(17-7)19-16-18-14(23)12(24-16)6-9-3-4-10(21)11(22)5-9/h3-6,21-22H,1-2H3,(H,17,18,19,23)/b12-6-. The van der Waals surface area contributed by atoms with Crippen LogP contribution in [0.4, 0.5) is 5.13 Å². The molecule has 3 N–H and O–H groups in total. The van der Waals surface area contributed by atoms with Crippen molar-refractivity contribution in [3.63, 3.8) is 0 Å². The lowest BCUT2D eigenvalue weighted by Gasteiger charge is -1.99. The average Bonchev–Trinajstić information content (AvgIpc) is 3.06. The van der Waals surface area contributed by atoms with Crippen molar-refractivity contribution in [3.05, 3.63) is 39.2 Å². The van der Waals surface area contributed by atoms with Gasteiger partial charge in [-0.25, -0.2) is 4.98 Å². The van der Waals surface area contributed by atoms with Gasteiger partial charge in [0.2, 0.25) is 5.13 Å². The van der Waals surface area contributed by atoms with Gasteiger partial charge in [-0.2, -0.15) is 4.99 Å². The van der Waals surface area contributed by atoms with Gasteiger partial charge in [0.05, 0.1) is 15.5 Å². The number of aryl methyl sites for hydroxylation is 1. The van der Waals surface area contributed by atoms with Crippen LogP contribution in [0.2, 0.25) is 0 Å². The number of hydrogen-bond acceptors (Lipinski definition) is 8. The number of thioether (sulfide) groups is 1. The average molecular weight is 375 g/mol. The van der Waals surface area contributed by atoms with Crippen LogP contribution in [-0.2, 0) is 4.79 Å². The number of nitrogens with zero attached hydrogens (tertiary/aromatic N) is 2. The molecule has 0 spiro atoms. The minimum atomic E-state index is -0.323. The number of benzene rings is 1. The summed E-state index contributed by atoms with van der Waals surface area (Å²) in [5, 5.41) is 22.2. The van der Waals surface area contributed by atoms with Gasteiger partial charge in [0, 0.05) is 6.92 Å². The van der Waals surface area contributed by atoms with E-state index in [0.29, 0.717) is 31.3 Å². The maximum absolute atomic E-state index is 12.0. The Labute approximate surface area is 151 Å². The van der Waals surface area contributed by atoms with Crippen LogP contribution in [0.5, 0.6) is 11.5 Å². The summed E-state index contributed by atoms with van der Waals surface area (Å²) in [7, 11) is 0. The Hall–Kier alpha value is -2.65. The summed E-state index contributed by atoms with van der Waals surface area (Å²) in [6.45, 7) is 3.21. The number of rotatable bonds is 3. The molecule has 0 radical (unpaired) electrons. The Morgan fingerprint density at radius 1 is 1.32 bits per heavy atom. The fraction of sp³-hybridized carbons (Fsp3) is 0.125. The zero-order chi connectivity index (χ0) is 18.1. The Morgan fingerprint density at radius 3 is 2.72 bits per heavy atom. The summed E-state index contributed by atoms with van der Waals surface area (Å²) in [4.78, 5) is 32.9. The molecule has 0 unspecified atom stereocenters. The molecule has 9 heteroatoms. The van der Waals surface area contributed by atoms with Crippen molar-refractivity contribution in [1.82, 2.24) is 10.3 Å². The van der Waals surface area contributed by atoms with E-state index in [9.17, 15) is 19.8 Å². The molecule has 1 saturated heterocycles. The first-order valence-electron chi connectivity index (χ1n) is 7.13. The van der Waals surface area contributed by atoms with Gasteiger partial charge in [-0.05, 0) is 42.5 Å². The minimum Gasteiger partial charge on any atom is -0.504 e. The number of amidine groups is 1. The number of aliphatic imine (C=N–C) groups is 1. The van der Waals surface area contributed by atoms with E-state index in [-0.39, 0.29) is 23.2 Å². The number of ketones is 1. The van der Waals surface area contributed by atoms with Gasteiger partial charge in [0.1, 0.15) is 0 Å². The number of thiazole rings is 1. The SMILES string of the molecule is CC(=O)c1sc(N=C2NC(=O)/C(=C/c3ccc(O)c(O)c3)S2)nc1C. The number of hydrogen-bond donors (Lipinski definition) is 3. The fourth-order valence-electron chi connectivity index (χ4n) is 2.11. The Kier molecular flexibility index (Phi) is 4.60. The molecular weight excluding hydrogens is 362 g/mol. The normalized spacial score (nSPS) is 17.3. The molecule has 7 nitrogen and oxygen atoms in total. The lowest BCUT2D eigenvalue weighted by Crippen LogP contribution is -2.19. The van der Waals surface area contributed by atoms with Crippen LogP contribution < -0.4 is 5.32 Å². The molecule has 1 amide bonds. The second kappa shape index (κ2) is 6.69.